The van der Waals surface area contributed by atoms with Gasteiger partial charge < -0.3 is 15.1 Å². The molecule has 0 bridgehead atoms. The Kier molecular flexibility index (Phi) is 5.94. The van der Waals surface area contributed by atoms with Gasteiger partial charge in [0.25, 0.3) is 0 Å². The Morgan fingerprint density at radius 1 is 0.889 bits per heavy atom. The van der Waals surface area contributed by atoms with Crippen molar-refractivity contribution in [3.8, 4) is 0 Å². The number of carbonyl (C=O) groups is 1. The molecule has 0 aromatic carbocycles. The Labute approximate surface area is 111 Å². The van der Waals surface area contributed by atoms with Gasteiger partial charge >= 0.3 is 0 Å². The van der Waals surface area contributed by atoms with Crippen LogP contribution in [0.15, 0.2) is 0 Å². The Bertz CT molecular complexity index is 241. The van der Waals surface area contributed by atoms with Gasteiger partial charge in [-0.2, -0.15) is 0 Å². The van der Waals surface area contributed by atoms with E-state index in [-0.39, 0.29) is 0 Å². The third-order valence-electron chi connectivity index (χ3n) is 4.03. The summed E-state index contributed by atoms with van der Waals surface area (Å²) >= 11 is 0. The highest BCUT2D eigenvalue weighted by molar-refractivity contribution is 5.76. The van der Waals surface area contributed by atoms with Crippen LogP contribution in [0.3, 0.4) is 0 Å². The van der Waals surface area contributed by atoms with Crippen LogP contribution in [0.2, 0.25) is 0 Å². The molecule has 2 fully saturated rings. The fraction of sp³-hybridized carbons (Fsp3) is 0.929. The first-order valence-corrected chi connectivity index (χ1v) is 7.57. The molecule has 0 aromatic rings. The molecule has 2 rings (SSSR count). The van der Waals surface area contributed by atoms with Crippen LogP contribution < -0.4 is 5.32 Å². The largest absolute Gasteiger partial charge is 0.341 e. The minimum Gasteiger partial charge on any atom is -0.341 e. The second-order valence-corrected chi connectivity index (χ2v) is 5.49. The second kappa shape index (κ2) is 7.74. The van der Waals surface area contributed by atoms with Crippen molar-refractivity contribution in [1.29, 1.82) is 0 Å². The molecule has 0 atom stereocenters. The maximum Gasteiger partial charge on any atom is 0.223 e. The van der Waals surface area contributed by atoms with Crippen LogP contribution in [-0.2, 0) is 4.79 Å². The highest BCUT2D eigenvalue weighted by atomic mass is 16.2. The molecule has 0 spiro atoms. The van der Waals surface area contributed by atoms with Crippen molar-refractivity contribution < 1.29 is 4.79 Å². The van der Waals surface area contributed by atoms with E-state index in [9.17, 15) is 4.79 Å². The lowest BCUT2D eigenvalue weighted by Gasteiger charge is -2.23. The Hall–Kier alpha value is -0.610. The van der Waals surface area contributed by atoms with Gasteiger partial charge in [0.2, 0.25) is 5.91 Å². The molecular formula is C14H27N3O. The lowest BCUT2D eigenvalue weighted by Crippen LogP contribution is -2.37. The molecule has 2 heterocycles. The fourth-order valence-corrected chi connectivity index (χ4v) is 2.87. The lowest BCUT2D eigenvalue weighted by molar-refractivity contribution is -0.131. The summed E-state index contributed by atoms with van der Waals surface area (Å²) < 4.78 is 0. The number of hydrogen-bond donors (Lipinski definition) is 1. The summed E-state index contributed by atoms with van der Waals surface area (Å²) in [4.78, 5) is 16.7. The number of nitrogens with zero attached hydrogens (tertiary/aromatic N) is 2. The third kappa shape index (κ3) is 4.58. The normalized spacial score (nSPS) is 23.4. The zero-order chi connectivity index (χ0) is 12.6. The second-order valence-electron chi connectivity index (χ2n) is 5.49. The van der Waals surface area contributed by atoms with E-state index in [4.69, 9.17) is 0 Å². The summed E-state index contributed by atoms with van der Waals surface area (Å²) in [5, 5.41) is 3.34. The highest BCUT2D eigenvalue weighted by Crippen LogP contribution is 2.10. The van der Waals surface area contributed by atoms with Crippen LogP contribution >= 0.6 is 0 Å². The predicted octanol–water partition coefficient (Wildman–Crippen LogP) is 1.07. The average Bonchev–Trinajstić information content (AvgIpc) is 2.80. The SMILES string of the molecule is O=C(CCN1CCCCCC1)N1CCCNCC1. The van der Waals surface area contributed by atoms with E-state index in [1.54, 1.807) is 0 Å². The van der Waals surface area contributed by atoms with Crippen molar-refractivity contribution in [2.45, 2.75) is 38.5 Å². The van der Waals surface area contributed by atoms with Crippen molar-refractivity contribution in [2.75, 3.05) is 45.8 Å². The molecule has 0 radical (unpaired) electrons. The summed E-state index contributed by atoms with van der Waals surface area (Å²) in [6, 6.07) is 0. The summed E-state index contributed by atoms with van der Waals surface area (Å²) in [6.45, 7) is 7.17. The number of amides is 1. The van der Waals surface area contributed by atoms with Crippen LogP contribution in [-0.4, -0.2) is 61.5 Å². The van der Waals surface area contributed by atoms with E-state index in [0.717, 1.165) is 39.1 Å². The quantitative estimate of drug-likeness (QED) is 0.817. The summed E-state index contributed by atoms with van der Waals surface area (Å²) in [6.07, 6.45) is 7.14. The Morgan fingerprint density at radius 2 is 1.67 bits per heavy atom. The molecule has 18 heavy (non-hydrogen) atoms. The maximum absolute atomic E-state index is 12.2. The first kappa shape index (κ1) is 13.8. The topological polar surface area (TPSA) is 35.6 Å². The van der Waals surface area contributed by atoms with E-state index in [1.807, 2.05) is 4.90 Å². The molecule has 0 saturated carbocycles. The van der Waals surface area contributed by atoms with E-state index in [0.29, 0.717) is 12.3 Å². The van der Waals surface area contributed by atoms with Gasteiger partial charge in [-0.05, 0) is 38.9 Å². The first-order chi connectivity index (χ1) is 8.86. The molecule has 2 saturated heterocycles. The molecule has 0 aromatic heterocycles. The number of likely N-dealkylation sites (tertiary alicyclic amines) is 1. The maximum atomic E-state index is 12.2. The van der Waals surface area contributed by atoms with Gasteiger partial charge in [0.15, 0.2) is 0 Å². The number of hydrogen-bond acceptors (Lipinski definition) is 3. The van der Waals surface area contributed by atoms with Gasteiger partial charge in [-0.1, -0.05) is 12.8 Å². The smallest absolute Gasteiger partial charge is 0.223 e. The molecule has 4 nitrogen and oxygen atoms in total. The van der Waals surface area contributed by atoms with Crippen molar-refractivity contribution in [1.82, 2.24) is 15.1 Å². The predicted molar refractivity (Wildman–Crippen MR) is 73.6 cm³/mol. The lowest BCUT2D eigenvalue weighted by atomic mass is 10.2. The average molecular weight is 253 g/mol. The van der Waals surface area contributed by atoms with Crippen molar-refractivity contribution >= 4 is 5.91 Å². The van der Waals surface area contributed by atoms with Gasteiger partial charge in [0.05, 0.1) is 0 Å². The first-order valence-electron chi connectivity index (χ1n) is 7.57. The molecule has 0 aliphatic carbocycles. The van der Waals surface area contributed by atoms with Crippen LogP contribution in [0.5, 0.6) is 0 Å². The molecule has 1 amide bonds. The third-order valence-corrected chi connectivity index (χ3v) is 4.03. The number of rotatable bonds is 3. The summed E-state index contributed by atoms with van der Waals surface area (Å²) in [5.74, 6) is 0.350. The standard InChI is InChI=1S/C14H27N3O/c18-14(17-11-5-7-15-8-13-17)6-12-16-9-3-1-2-4-10-16/h15H,1-13H2. The van der Waals surface area contributed by atoms with Gasteiger partial charge in [0, 0.05) is 32.6 Å². The monoisotopic (exact) mass is 253 g/mol. The molecule has 2 aliphatic heterocycles. The molecule has 0 unspecified atom stereocenters. The minimum atomic E-state index is 0.350. The van der Waals surface area contributed by atoms with Crippen molar-refractivity contribution in [3.05, 3.63) is 0 Å². The molecule has 2 aliphatic rings. The summed E-state index contributed by atoms with van der Waals surface area (Å²) in [7, 11) is 0. The number of nitrogens with one attached hydrogen (secondary N) is 1. The highest BCUT2D eigenvalue weighted by Gasteiger charge is 2.16. The minimum absolute atomic E-state index is 0.350. The zero-order valence-corrected chi connectivity index (χ0v) is 11.5. The van der Waals surface area contributed by atoms with Crippen LogP contribution in [0.4, 0.5) is 0 Å². The van der Waals surface area contributed by atoms with E-state index < -0.39 is 0 Å². The molecular weight excluding hydrogens is 226 g/mol. The Morgan fingerprint density at radius 3 is 2.44 bits per heavy atom. The van der Waals surface area contributed by atoms with Gasteiger partial charge in [-0.3, -0.25) is 4.79 Å². The van der Waals surface area contributed by atoms with Crippen LogP contribution in [0, 0.1) is 0 Å². The molecule has 4 heteroatoms. The Balaban J connectivity index is 1.69. The van der Waals surface area contributed by atoms with E-state index in [2.05, 4.69) is 10.2 Å². The van der Waals surface area contributed by atoms with Gasteiger partial charge in [0.1, 0.15) is 0 Å². The zero-order valence-electron chi connectivity index (χ0n) is 11.5. The van der Waals surface area contributed by atoms with Crippen molar-refractivity contribution in [3.63, 3.8) is 0 Å². The molecule has 104 valence electrons. The van der Waals surface area contributed by atoms with Crippen molar-refractivity contribution in [2.24, 2.45) is 0 Å². The van der Waals surface area contributed by atoms with E-state index >= 15 is 0 Å². The fourth-order valence-electron chi connectivity index (χ4n) is 2.87. The molecule has 1 N–H and O–H groups in total. The van der Waals surface area contributed by atoms with E-state index in [1.165, 1.54) is 38.8 Å². The summed E-state index contributed by atoms with van der Waals surface area (Å²) in [5.41, 5.74) is 0. The van der Waals surface area contributed by atoms with Gasteiger partial charge in [-0.15, -0.1) is 0 Å². The number of carbonyl (C=O) groups excluding carboxylic acids is 1. The van der Waals surface area contributed by atoms with Crippen LogP contribution in [0.25, 0.3) is 0 Å². The van der Waals surface area contributed by atoms with Gasteiger partial charge in [-0.25, -0.2) is 0 Å². The van der Waals surface area contributed by atoms with Crippen LogP contribution in [0.1, 0.15) is 38.5 Å².